The van der Waals surface area contributed by atoms with Gasteiger partial charge in [-0.15, -0.1) is 0 Å². The van der Waals surface area contributed by atoms with Crippen LogP contribution in [0.2, 0.25) is 0 Å². The molecule has 3 rings (SSSR count). The number of carbonyl (C=O) groups excluding carboxylic acids is 2. The Kier molecular flexibility index (Phi) is 7.67. The zero-order valence-corrected chi connectivity index (χ0v) is 18.8. The molecule has 1 unspecified atom stereocenters. The first-order chi connectivity index (χ1) is 15.0. The number of hydrogen-bond donors (Lipinski definition) is 2. The van der Waals surface area contributed by atoms with Gasteiger partial charge in [0.25, 0.3) is 11.8 Å². The van der Waals surface area contributed by atoms with Gasteiger partial charge in [-0.25, -0.2) is 0 Å². The summed E-state index contributed by atoms with van der Waals surface area (Å²) < 4.78 is 11.6. The third-order valence-electron chi connectivity index (χ3n) is 4.62. The first kappa shape index (κ1) is 22.4. The van der Waals surface area contributed by atoms with E-state index in [2.05, 4.69) is 26.8 Å². The normalized spacial score (nSPS) is 11.3. The van der Waals surface area contributed by atoms with Crippen molar-refractivity contribution in [2.24, 2.45) is 0 Å². The van der Waals surface area contributed by atoms with Crippen LogP contribution >= 0.6 is 15.9 Å². The van der Waals surface area contributed by atoms with Crippen LogP contribution in [0.15, 0.2) is 77.3 Å². The van der Waals surface area contributed by atoms with Crippen molar-refractivity contribution in [3.63, 3.8) is 0 Å². The highest BCUT2D eigenvalue weighted by atomic mass is 79.9. The van der Waals surface area contributed by atoms with Crippen molar-refractivity contribution in [3.8, 4) is 22.6 Å². The number of rotatable bonds is 7. The van der Waals surface area contributed by atoms with Gasteiger partial charge in [-0.05, 0) is 63.8 Å². The quantitative estimate of drug-likeness (QED) is 0.476. The van der Waals surface area contributed by atoms with E-state index in [0.29, 0.717) is 28.0 Å². The number of methoxy groups -OCH3 is 1. The molecule has 0 saturated carbocycles. The largest absolute Gasteiger partial charge is 0.496 e. The Bertz CT molecular complexity index is 1040. The van der Waals surface area contributed by atoms with Crippen molar-refractivity contribution < 1.29 is 19.1 Å². The van der Waals surface area contributed by atoms with E-state index in [1.807, 2.05) is 61.5 Å². The minimum Gasteiger partial charge on any atom is -0.496 e. The molecule has 3 aromatic rings. The number of nitrogens with one attached hydrogen (secondary N) is 2. The number of benzene rings is 3. The van der Waals surface area contributed by atoms with Gasteiger partial charge < -0.3 is 9.47 Å². The van der Waals surface area contributed by atoms with Crippen LogP contribution in [0, 0.1) is 0 Å². The lowest BCUT2D eigenvalue weighted by molar-refractivity contribution is -0.128. The van der Waals surface area contributed by atoms with Crippen molar-refractivity contribution in [1.29, 1.82) is 0 Å². The van der Waals surface area contributed by atoms with Crippen LogP contribution in [0.4, 0.5) is 0 Å². The van der Waals surface area contributed by atoms with Crippen molar-refractivity contribution in [2.75, 3.05) is 7.11 Å². The summed E-state index contributed by atoms with van der Waals surface area (Å²) in [7, 11) is 1.54. The molecule has 0 heterocycles. The minimum absolute atomic E-state index is 0.374. The molecule has 0 aromatic heterocycles. The number of carbonyl (C=O) groups is 2. The second-order valence-electron chi connectivity index (χ2n) is 6.70. The Hall–Kier alpha value is -3.32. The van der Waals surface area contributed by atoms with Crippen LogP contribution in [0.5, 0.6) is 11.5 Å². The summed E-state index contributed by atoms with van der Waals surface area (Å²) in [5.41, 5.74) is 7.38. The standard InChI is InChI=1S/C24H23BrN2O4/c1-3-21(31-19-12-9-17(10-13-19)16-7-5-4-6-8-16)24(29)27-26-23(28)18-11-14-22(30-2)20(25)15-18/h4-15,21H,3H2,1-2H3,(H,26,28)(H,27,29). The zero-order chi connectivity index (χ0) is 22.2. The van der Waals surface area contributed by atoms with Crippen LogP contribution in [-0.2, 0) is 4.79 Å². The molecule has 0 aliphatic carbocycles. The average molecular weight is 483 g/mol. The summed E-state index contributed by atoms with van der Waals surface area (Å²) in [6.45, 7) is 1.84. The van der Waals surface area contributed by atoms with E-state index in [1.54, 1.807) is 25.3 Å². The molecular formula is C24H23BrN2O4. The molecule has 160 valence electrons. The molecule has 0 bridgehead atoms. The minimum atomic E-state index is -0.745. The van der Waals surface area contributed by atoms with Crippen LogP contribution in [0.25, 0.3) is 11.1 Å². The topological polar surface area (TPSA) is 76.7 Å². The molecule has 0 saturated heterocycles. The molecule has 0 radical (unpaired) electrons. The fourth-order valence-corrected chi connectivity index (χ4v) is 3.46. The predicted octanol–water partition coefficient (Wildman–Crippen LogP) is 4.74. The van der Waals surface area contributed by atoms with Gasteiger partial charge in [0.05, 0.1) is 11.6 Å². The summed E-state index contributed by atoms with van der Waals surface area (Å²) in [5.74, 6) is 0.305. The molecule has 6 nitrogen and oxygen atoms in total. The van der Waals surface area contributed by atoms with Crippen molar-refractivity contribution >= 4 is 27.7 Å². The zero-order valence-electron chi connectivity index (χ0n) is 17.2. The number of amides is 2. The Morgan fingerprint density at radius 1 is 0.935 bits per heavy atom. The van der Waals surface area contributed by atoms with E-state index < -0.39 is 17.9 Å². The molecule has 0 spiro atoms. The second-order valence-corrected chi connectivity index (χ2v) is 7.55. The van der Waals surface area contributed by atoms with Gasteiger partial charge in [0.15, 0.2) is 6.10 Å². The van der Waals surface area contributed by atoms with Crippen LogP contribution in [0.3, 0.4) is 0 Å². The first-order valence-corrected chi connectivity index (χ1v) is 10.6. The summed E-state index contributed by atoms with van der Waals surface area (Å²) in [5, 5.41) is 0. The molecule has 0 fully saturated rings. The molecule has 2 N–H and O–H groups in total. The second kappa shape index (κ2) is 10.6. The van der Waals surface area contributed by atoms with Crippen molar-refractivity contribution in [2.45, 2.75) is 19.4 Å². The van der Waals surface area contributed by atoms with Crippen LogP contribution in [-0.4, -0.2) is 25.0 Å². The lowest BCUT2D eigenvalue weighted by Gasteiger charge is -2.18. The Balaban J connectivity index is 1.57. The Morgan fingerprint density at radius 2 is 1.61 bits per heavy atom. The van der Waals surface area contributed by atoms with E-state index in [0.717, 1.165) is 11.1 Å². The number of ether oxygens (including phenoxy) is 2. The fraction of sp³-hybridized carbons (Fsp3) is 0.167. The highest BCUT2D eigenvalue weighted by Crippen LogP contribution is 2.25. The lowest BCUT2D eigenvalue weighted by atomic mass is 10.1. The van der Waals surface area contributed by atoms with Crippen LogP contribution < -0.4 is 20.3 Å². The van der Waals surface area contributed by atoms with E-state index in [1.165, 1.54) is 0 Å². The molecule has 31 heavy (non-hydrogen) atoms. The Labute approximate surface area is 189 Å². The monoisotopic (exact) mass is 482 g/mol. The van der Waals surface area contributed by atoms with Gasteiger partial charge >= 0.3 is 0 Å². The van der Waals surface area contributed by atoms with Crippen molar-refractivity contribution in [1.82, 2.24) is 10.9 Å². The maximum atomic E-state index is 12.5. The third-order valence-corrected chi connectivity index (χ3v) is 5.24. The number of hydrazine groups is 1. The van der Waals surface area contributed by atoms with Gasteiger partial charge in [-0.1, -0.05) is 49.4 Å². The summed E-state index contributed by atoms with van der Waals surface area (Å²) in [6, 6.07) is 22.4. The molecule has 2 amide bonds. The summed E-state index contributed by atoms with van der Waals surface area (Å²) in [6.07, 6.45) is -0.304. The van der Waals surface area contributed by atoms with Crippen LogP contribution in [0.1, 0.15) is 23.7 Å². The maximum absolute atomic E-state index is 12.5. The fourth-order valence-electron chi connectivity index (χ4n) is 2.92. The first-order valence-electron chi connectivity index (χ1n) is 9.77. The van der Waals surface area contributed by atoms with Gasteiger partial charge in [0, 0.05) is 5.56 Å². The number of hydrogen-bond acceptors (Lipinski definition) is 4. The van der Waals surface area contributed by atoms with Gasteiger partial charge in [0.2, 0.25) is 0 Å². The lowest BCUT2D eigenvalue weighted by Crippen LogP contribution is -2.47. The third kappa shape index (κ3) is 5.86. The summed E-state index contributed by atoms with van der Waals surface area (Å²) in [4.78, 5) is 24.8. The Morgan fingerprint density at radius 3 is 2.23 bits per heavy atom. The molecule has 0 aliphatic rings. The highest BCUT2D eigenvalue weighted by Gasteiger charge is 2.19. The van der Waals surface area contributed by atoms with Gasteiger partial charge in [-0.3, -0.25) is 20.4 Å². The number of halogens is 1. The van der Waals surface area contributed by atoms with E-state index >= 15 is 0 Å². The van der Waals surface area contributed by atoms with E-state index in [9.17, 15) is 9.59 Å². The SMILES string of the molecule is CCC(Oc1ccc(-c2ccccc2)cc1)C(=O)NNC(=O)c1ccc(OC)c(Br)c1. The summed E-state index contributed by atoms with van der Waals surface area (Å²) >= 11 is 3.33. The van der Waals surface area contributed by atoms with Gasteiger partial charge in [0.1, 0.15) is 11.5 Å². The molecule has 0 aliphatic heterocycles. The molecule has 3 aromatic carbocycles. The predicted molar refractivity (Wildman–Crippen MR) is 123 cm³/mol. The van der Waals surface area contributed by atoms with Crippen molar-refractivity contribution in [3.05, 3.63) is 82.8 Å². The molecule has 7 heteroatoms. The molecular weight excluding hydrogens is 460 g/mol. The molecule has 1 atom stereocenters. The maximum Gasteiger partial charge on any atom is 0.279 e. The van der Waals surface area contributed by atoms with E-state index in [4.69, 9.17) is 9.47 Å². The average Bonchev–Trinajstić information content (AvgIpc) is 2.81. The van der Waals surface area contributed by atoms with Gasteiger partial charge in [-0.2, -0.15) is 0 Å². The highest BCUT2D eigenvalue weighted by molar-refractivity contribution is 9.10. The smallest absolute Gasteiger partial charge is 0.279 e. The van der Waals surface area contributed by atoms with E-state index in [-0.39, 0.29) is 0 Å².